The topological polar surface area (TPSA) is 38.3 Å². The molecule has 0 spiro atoms. The highest BCUT2D eigenvalue weighted by atomic mass is 35.5. The molecule has 3 nitrogen and oxygen atoms in total. The van der Waals surface area contributed by atoms with Crippen LogP contribution in [0.25, 0.3) is 0 Å². The monoisotopic (exact) mass is 345 g/mol. The molecule has 0 saturated carbocycles. The fourth-order valence-electron chi connectivity index (χ4n) is 2.21. The molecule has 0 aliphatic carbocycles. The van der Waals surface area contributed by atoms with Gasteiger partial charge in [0, 0.05) is 5.69 Å². The number of amides is 1. The number of hydrogen-bond acceptors (Lipinski definition) is 2. The minimum atomic E-state index is -4.71. The first kappa shape index (κ1) is 15.6. The molecular weight excluding hydrogens is 338 g/mol. The van der Waals surface area contributed by atoms with Crippen molar-refractivity contribution >= 4 is 23.2 Å². The Morgan fingerprint density at radius 3 is 2.57 bits per heavy atom. The Balaban J connectivity index is 1.92. The van der Waals surface area contributed by atoms with Crippen molar-refractivity contribution in [3.8, 4) is 11.5 Å². The molecular formula is C15H8ClF4NO2. The molecule has 120 valence electrons. The van der Waals surface area contributed by atoms with E-state index >= 15 is 0 Å². The van der Waals surface area contributed by atoms with Gasteiger partial charge in [0.05, 0.1) is 17.0 Å². The van der Waals surface area contributed by atoms with Crippen molar-refractivity contribution < 1.29 is 27.1 Å². The quantitative estimate of drug-likeness (QED) is 0.795. The first-order valence-corrected chi connectivity index (χ1v) is 6.79. The van der Waals surface area contributed by atoms with E-state index < -0.39 is 28.3 Å². The highest BCUT2D eigenvalue weighted by molar-refractivity contribution is 6.32. The summed E-state index contributed by atoms with van der Waals surface area (Å²) in [6.07, 6.45) is -4.56. The van der Waals surface area contributed by atoms with Crippen LogP contribution in [-0.4, -0.2) is 5.91 Å². The Bertz CT molecular complexity index is 782. The highest BCUT2D eigenvalue weighted by Gasteiger charge is 2.32. The molecule has 1 N–H and O–H groups in total. The molecule has 0 atom stereocenters. The van der Waals surface area contributed by atoms with Crippen LogP contribution in [0.3, 0.4) is 0 Å². The molecule has 23 heavy (non-hydrogen) atoms. The largest absolute Gasteiger partial charge is 0.453 e. The maximum atomic E-state index is 13.9. The van der Waals surface area contributed by atoms with E-state index in [0.717, 1.165) is 0 Å². The Labute approximate surface area is 132 Å². The van der Waals surface area contributed by atoms with Gasteiger partial charge in [0.1, 0.15) is 5.75 Å². The minimum Gasteiger partial charge on any atom is -0.453 e. The number of hydrogen-bond donors (Lipinski definition) is 1. The van der Waals surface area contributed by atoms with E-state index in [2.05, 4.69) is 5.32 Å². The van der Waals surface area contributed by atoms with Gasteiger partial charge in [-0.25, -0.2) is 4.39 Å². The van der Waals surface area contributed by atoms with Gasteiger partial charge in [0.2, 0.25) is 5.91 Å². The molecule has 2 aromatic rings. The molecule has 3 rings (SSSR count). The summed E-state index contributed by atoms with van der Waals surface area (Å²) >= 11 is 5.70. The lowest BCUT2D eigenvalue weighted by Gasteiger charge is -2.13. The zero-order chi connectivity index (χ0) is 16.8. The smallest absolute Gasteiger partial charge is 0.416 e. The Hall–Kier alpha value is -2.28. The predicted molar refractivity (Wildman–Crippen MR) is 75.3 cm³/mol. The van der Waals surface area contributed by atoms with Crippen LogP contribution in [0, 0.1) is 5.82 Å². The normalized spacial score (nSPS) is 13.7. The molecule has 0 saturated heterocycles. The van der Waals surface area contributed by atoms with Gasteiger partial charge < -0.3 is 10.1 Å². The molecule has 0 bridgehead atoms. The van der Waals surface area contributed by atoms with Crippen LogP contribution in [0.5, 0.6) is 11.5 Å². The van der Waals surface area contributed by atoms with E-state index in [1.807, 2.05) is 0 Å². The van der Waals surface area contributed by atoms with E-state index in [0.29, 0.717) is 23.4 Å². The Morgan fingerprint density at radius 1 is 1.17 bits per heavy atom. The Kier molecular flexibility index (Phi) is 3.68. The van der Waals surface area contributed by atoms with Crippen LogP contribution < -0.4 is 10.1 Å². The fraction of sp³-hybridized carbons (Fsp3) is 0.133. The van der Waals surface area contributed by atoms with Gasteiger partial charge in [-0.05, 0) is 35.9 Å². The first-order chi connectivity index (χ1) is 10.7. The number of benzene rings is 2. The van der Waals surface area contributed by atoms with E-state index in [4.69, 9.17) is 16.3 Å². The Morgan fingerprint density at radius 2 is 1.91 bits per heavy atom. The number of ether oxygens (including phenoxy) is 1. The summed E-state index contributed by atoms with van der Waals surface area (Å²) in [7, 11) is 0. The second kappa shape index (κ2) is 5.42. The number of halogens is 5. The number of anilines is 1. The number of fused-ring (bicyclic) bond motifs is 1. The summed E-state index contributed by atoms with van der Waals surface area (Å²) in [4.78, 5) is 11.3. The highest BCUT2D eigenvalue weighted by Crippen LogP contribution is 2.39. The molecule has 0 radical (unpaired) electrons. The molecule has 1 aliphatic rings. The van der Waals surface area contributed by atoms with Gasteiger partial charge in [-0.3, -0.25) is 4.79 Å². The van der Waals surface area contributed by atoms with Gasteiger partial charge in [-0.15, -0.1) is 0 Å². The third-order valence-electron chi connectivity index (χ3n) is 3.25. The number of carbonyl (C=O) groups excluding carboxylic acids is 1. The summed E-state index contributed by atoms with van der Waals surface area (Å²) in [5.41, 5.74) is 0.0633. The maximum absolute atomic E-state index is 13.9. The average molecular weight is 346 g/mol. The van der Waals surface area contributed by atoms with Crippen LogP contribution in [0.2, 0.25) is 5.02 Å². The molecule has 0 unspecified atom stereocenters. The standard InChI is InChI=1S/C15H8ClF4NO2/c16-10-5-8(15(18,19)20)6-11(17)14(10)23-9-1-2-12-7(3-9)4-13(22)21-12/h1-3,5-6H,4H2,(H,21,22). The second-order valence-electron chi connectivity index (χ2n) is 4.91. The summed E-state index contributed by atoms with van der Waals surface area (Å²) < 4.78 is 56.9. The third-order valence-corrected chi connectivity index (χ3v) is 3.53. The number of carbonyl (C=O) groups is 1. The van der Waals surface area contributed by atoms with Gasteiger partial charge in [-0.2, -0.15) is 13.2 Å². The molecule has 8 heteroatoms. The molecule has 1 amide bonds. The fourth-order valence-corrected chi connectivity index (χ4v) is 2.45. The van der Waals surface area contributed by atoms with E-state index in [1.165, 1.54) is 12.1 Å². The van der Waals surface area contributed by atoms with Crippen molar-refractivity contribution in [3.05, 3.63) is 52.3 Å². The van der Waals surface area contributed by atoms with Crippen LogP contribution in [0.1, 0.15) is 11.1 Å². The molecule has 1 aliphatic heterocycles. The van der Waals surface area contributed by atoms with Crippen molar-refractivity contribution in [1.82, 2.24) is 0 Å². The number of rotatable bonds is 2. The number of alkyl halides is 3. The molecule has 0 fully saturated rings. The van der Waals surface area contributed by atoms with Crippen molar-refractivity contribution in [3.63, 3.8) is 0 Å². The van der Waals surface area contributed by atoms with Crippen molar-refractivity contribution in [2.45, 2.75) is 12.6 Å². The lowest BCUT2D eigenvalue weighted by molar-refractivity contribution is -0.137. The van der Waals surface area contributed by atoms with E-state index in [-0.39, 0.29) is 18.1 Å². The maximum Gasteiger partial charge on any atom is 0.416 e. The van der Waals surface area contributed by atoms with Gasteiger partial charge in [0.15, 0.2) is 11.6 Å². The summed E-state index contributed by atoms with van der Waals surface area (Å²) in [5, 5.41) is 2.12. The summed E-state index contributed by atoms with van der Waals surface area (Å²) in [6, 6.07) is 5.43. The third kappa shape index (κ3) is 3.10. The van der Waals surface area contributed by atoms with Gasteiger partial charge in [0.25, 0.3) is 0 Å². The van der Waals surface area contributed by atoms with Gasteiger partial charge >= 0.3 is 6.18 Å². The van der Waals surface area contributed by atoms with E-state index in [1.54, 1.807) is 6.07 Å². The lowest BCUT2D eigenvalue weighted by Crippen LogP contribution is -2.06. The molecule has 2 aromatic carbocycles. The zero-order valence-corrected chi connectivity index (χ0v) is 12.1. The minimum absolute atomic E-state index is 0.149. The lowest BCUT2D eigenvalue weighted by atomic mass is 10.1. The molecule has 1 heterocycles. The summed E-state index contributed by atoms with van der Waals surface area (Å²) in [5.74, 6) is -1.74. The van der Waals surface area contributed by atoms with Crippen molar-refractivity contribution in [2.75, 3.05) is 5.32 Å². The van der Waals surface area contributed by atoms with E-state index in [9.17, 15) is 22.4 Å². The van der Waals surface area contributed by atoms with Crippen LogP contribution in [0.4, 0.5) is 23.2 Å². The van der Waals surface area contributed by atoms with Crippen LogP contribution in [0.15, 0.2) is 30.3 Å². The summed E-state index contributed by atoms with van der Waals surface area (Å²) in [6.45, 7) is 0. The predicted octanol–water partition coefficient (Wildman–Crippen LogP) is 4.78. The first-order valence-electron chi connectivity index (χ1n) is 6.41. The number of nitrogens with one attached hydrogen (secondary N) is 1. The SMILES string of the molecule is O=C1Cc2cc(Oc3c(F)cc(C(F)(F)F)cc3Cl)ccc2N1. The van der Waals surface area contributed by atoms with Crippen LogP contribution >= 0.6 is 11.6 Å². The molecule has 0 aromatic heterocycles. The average Bonchev–Trinajstić information content (AvgIpc) is 2.80. The second-order valence-corrected chi connectivity index (χ2v) is 5.32. The van der Waals surface area contributed by atoms with Gasteiger partial charge in [-0.1, -0.05) is 11.6 Å². The van der Waals surface area contributed by atoms with Crippen LogP contribution in [-0.2, 0) is 17.4 Å². The van der Waals surface area contributed by atoms with Crippen molar-refractivity contribution in [1.29, 1.82) is 0 Å². The zero-order valence-electron chi connectivity index (χ0n) is 11.3. The van der Waals surface area contributed by atoms with Crippen molar-refractivity contribution in [2.24, 2.45) is 0 Å².